The van der Waals surface area contributed by atoms with E-state index in [2.05, 4.69) is 27.8 Å². The zero-order chi connectivity index (χ0) is 17.6. The van der Waals surface area contributed by atoms with Crippen LogP contribution in [0.3, 0.4) is 0 Å². The van der Waals surface area contributed by atoms with Crippen LogP contribution < -0.4 is 16.0 Å². The molecule has 1 saturated heterocycles. The number of hydrogen-bond donors (Lipinski definition) is 3. The van der Waals surface area contributed by atoms with Crippen LogP contribution in [0.4, 0.5) is 10.5 Å². The number of anilines is 1. The predicted molar refractivity (Wildman–Crippen MR) is 95.4 cm³/mol. The molecule has 1 aliphatic heterocycles. The van der Waals surface area contributed by atoms with Crippen molar-refractivity contribution in [2.24, 2.45) is 0 Å². The van der Waals surface area contributed by atoms with Crippen LogP contribution in [0.1, 0.15) is 31.4 Å². The van der Waals surface area contributed by atoms with E-state index in [0.717, 1.165) is 44.8 Å². The van der Waals surface area contributed by atoms with E-state index in [4.69, 9.17) is 4.74 Å². The Labute approximate surface area is 148 Å². The average molecular weight is 346 g/mol. The van der Waals surface area contributed by atoms with Gasteiger partial charge < -0.3 is 20.7 Å². The Morgan fingerprint density at radius 1 is 1.20 bits per heavy atom. The Balaban J connectivity index is 1.44. The topological polar surface area (TPSA) is 82.7 Å². The van der Waals surface area contributed by atoms with Crippen LogP contribution in [-0.2, 0) is 9.53 Å². The highest BCUT2D eigenvalue weighted by molar-refractivity contribution is 5.94. The Morgan fingerprint density at radius 2 is 1.88 bits per heavy atom. The number of carbonyl (C=O) groups is 2. The lowest BCUT2D eigenvalue weighted by molar-refractivity contribution is -0.115. The molecule has 0 unspecified atom stereocenters. The Kier molecular flexibility index (Phi) is 5.88. The minimum atomic E-state index is -0.285. The normalized spacial score (nSPS) is 19.1. The van der Waals surface area contributed by atoms with Gasteiger partial charge >= 0.3 is 6.03 Å². The molecule has 3 rings (SSSR count). The van der Waals surface area contributed by atoms with Crippen LogP contribution >= 0.6 is 0 Å². The lowest BCUT2D eigenvalue weighted by Crippen LogP contribution is -2.40. The molecule has 1 saturated carbocycles. The van der Waals surface area contributed by atoms with Crippen molar-refractivity contribution >= 4 is 17.6 Å². The van der Waals surface area contributed by atoms with Crippen molar-refractivity contribution in [2.45, 2.75) is 31.8 Å². The third kappa shape index (κ3) is 5.44. The van der Waals surface area contributed by atoms with Crippen LogP contribution in [0.2, 0.25) is 0 Å². The Bertz CT molecular complexity index is 595. The van der Waals surface area contributed by atoms with Gasteiger partial charge in [0.1, 0.15) is 0 Å². The van der Waals surface area contributed by atoms with Gasteiger partial charge in [0.15, 0.2) is 0 Å². The molecule has 0 radical (unpaired) electrons. The molecule has 2 fully saturated rings. The molecule has 3 amide bonds. The van der Waals surface area contributed by atoms with Crippen LogP contribution in [0, 0.1) is 0 Å². The van der Waals surface area contributed by atoms with Crippen molar-refractivity contribution in [3.8, 4) is 0 Å². The van der Waals surface area contributed by atoms with Gasteiger partial charge in [0.05, 0.1) is 19.8 Å². The summed E-state index contributed by atoms with van der Waals surface area (Å²) in [6, 6.07) is 8.17. The molecule has 0 bridgehead atoms. The third-order valence-electron chi connectivity index (χ3n) is 4.59. The molecule has 3 N–H and O–H groups in total. The monoisotopic (exact) mass is 346 g/mol. The molecule has 136 valence electrons. The van der Waals surface area contributed by atoms with Gasteiger partial charge in [-0.05, 0) is 37.5 Å². The quantitative estimate of drug-likeness (QED) is 0.729. The summed E-state index contributed by atoms with van der Waals surface area (Å²) >= 11 is 0. The molecule has 0 aromatic heterocycles. The zero-order valence-electron chi connectivity index (χ0n) is 14.6. The molecule has 1 atom stereocenters. The maximum Gasteiger partial charge on any atom is 0.315 e. The highest BCUT2D eigenvalue weighted by atomic mass is 16.5. The predicted octanol–water partition coefficient (Wildman–Crippen LogP) is 1.48. The number of ether oxygens (including phenoxy) is 1. The van der Waals surface area contributed by atoms with E-state index in [-0.39, 0.29) is 24.5 Å². The summed E-state index contributed by atoms with van der Waals surface area (Å²) in [5.74, 6) is -0.236. The number of nitrogens with zero attached hydrogens (tertiary/aromatic N) is 1. The maximum atomic E-state index is 11.9. The first-order valence-corrected chi connectivity index (χ1v) is 8.88. The van der Waals surface area contributed by atoms with Gasteiger partial charge in [-0.3, -0.25) is 9.69 Å². The molecule has 1 aromatic carbocycles. The van der Waals surface area contributed by atoms with Gasteiger partial charge in [0.2, 0.25) is 5.91 Å². The number of rotatable bonds is 6. The number of benzene rings is 1. The van der Waals surface area contributed by atoms with Crippen molar-refractivity contribution < 1.29 is 14.3 Å². The number of nitrogens with one attached hydrogen (secondary N) is 3. The fraction of sp³-hybridized carbons (Fsp3) is 0.556. The van der Waals surface area contributed by atoms with Crippen LogP contribution in [0.15, 0.2) is 24.3 Å². The molecular weight excluding hydrogens is 320 g/mol. The summed E-state index contributed by atoms with van der Waals surface area (Å²) in [7, 11) is 0. The van der Waals surface area contributed by atoms with E-state index in [1.807, 2.05) is 24.3 Å². The van der Waals surface area contributed by atoms with Crippen molar-refractivity contribution in [2.75, 3.05) is 38.2 Å². The van der Waals surface area contributed by atoms with Crippen molar-refractivity contribution in [1.29, 1.82) is 0 Å². The van der Waals surface area contributed by atoms with E-state index >= 15 is 0 Å². The van der Waals surface area contributed by atoms with Crippen LogP contribution in [-0.4, -0.2) is 55.7 Å². The highest BCUT2D eigenvalue weighted by Gasteiger charge is 2.23. The molecule has 1 heterocycles. The van der Waals surface area contributed by atoms with E-state index in [9.17, 15) is 9.59 Å². The summed E-state index contributed by atoms with van der Waals surface area (Å²) in [5.41, 5.74) is 1.94. The third-order valence-corrected chi connectivity index (χ3v) is 4.59. The molecule has 7 heteroatoms. The summed E-state index contributed by atoms with van der Waals surface area (Å²) in [6.07, 6.45) is 2.05. The van der Waals surface area contributed by atoms with Gasteiger partial charge in [0, 0.05) is 30.9 Å². The van der Waals surface area contributed by atoms with Crippen molar-refractivity contribution in [3.05, 3.63) is 29.8 Å². The molecule has 1 aromatic rings. The minimum Gasteiger partial charge on any atom is -0.379 e. The van der Waals surface area contributed by atoms with Gasteiger partial charge in [-0.1, -0.05) is 12.1 Å². The van der Waals surface area contributed by atoms with Gasteiger partial charge in [-0.15, -0.1) is 0 Å². The van der Waals surface area contributed by atoms with Crippen LogP contribution in [0.5, 0.6) is 0 Å². The average Bonchev–Trinajstić information content (AvgIpc) is 3.45. The van der Waals surface area contributed by atoms with Gasteiger partial charge in [-0.25, -0.2) is 4.79 Å². The molecule has 1 aliphatic carbocycles. The number of hydrogen-bond acceptors (Lipinski definition) is 4. The van der Waals surface area contributed by atoms with E-state index in [0.29, 0.717) is 6.04 Å². The Hall–Kier alpha value is -2.12. The number of urea groups is 1. The number of carbonyl (C=O) groups excluding carboxylic acids is 2. The first-order valence-electron chi connectivity index (χ1n) is 8.88. The maximum absolute atomic E-state index is 11.9. The second-order valence-electron chi connectivity index (χ2n) is 6.60. The van der Waals surface area contributed by atoms with Crippen molar-refractivity contribution in [1.82, 2.24) is 15.5 Å². The van der Waals surface area contributed by atoms with E-state index in [1.54, 1.807) is 0 Å². The number of amides is 3. The van der Waals surface area contributed by atoms with Gasteiger partial charge in [-0.2, -0.15) is 0 Å². The molecular formula is C18H26N4O3. The summed E-state index contributed by atoms with van der Waals surface area (Å²) < 4.78 is 5.39. The zero-order valence-corrected chi connectivity index (χ0v) is 14.6. The highest BCUT2D eigenvalue weighted by Crippen LogP contribution is 2.22. The smallest absolute Gasteiger partial charge is 0.315 e. The first kappa shape index (κ1) is 17.7. The standard InChI is InChI=1S/C18H26N4O3/c1-13(22-8-10-25-11-9-22)14-2-4-15(5-3-14)20-17(23)12-19-18(24)21-16-6-7-16/h2-5,13,16H,6-12H2,1H3,(H,20,23)(H2,19,21,24)/t13-/m1/s1. The van der Waals surface area contributed by atoms with Gasteiger partial charge in [0.25, 0.3) is 0 Å². The number of morpholine rings is 1. The fourth-order valence-corrected chi connectivity index (χ4v) is 2.85. The summed E-state index contributed by atoms with van der Waals surface area (Å²) in [5, 5.41) is 8.14. The Morgan fingerprint density at radius 3 is 2.52 bits per heavy atom. The molecule has 25 heavy (non-hydrogen) atoms. The minimum absolute atomic E-state index is 0.0372. The largest absolute Gasteiger partial charge is 0.379 e. The second kappa shape index (κ2) is 8.31. The fourth-order valence-electron chi connectivity index (χ4n) is 2.85. The molecule has 7 nitrogen and oxygen atoms in total. The van der Waals surface area contributed by atoms with Crippen LogP contribution in [0.25, 0.3) is 0 Å². The lowest BCUT2D eigenvalue weighted by atomic mass is 10.1. The first-order chi connectivity index (χ1) is 12.1. The summed E-state index contributed by atoms with van der Waals surface area (Å²) in [6.45, 7) is 5.58. The van der Waals surface area contributed by atoms with E-state index < -0.39 is 0 Å². The van der Waals surface area contributed by atoms with E-state index in [1.165, 1.54) is 5.56 Å². The lowest BCUT2D eigenvalue weighted by Gasteiger charge is -2.32. The molecule has 0 spiro atoms. The molecule has 2 aliphatic rings. The van der Waals surface area contributed by atoms with Crippen molar-refractivity contribution in [3.63, 3.8) is 0 Å². The second-order valence-corrected chi connectivity index (χ2v) is 6.60. The SMILES string of the molecule is C[C@H](c1ccc(NC(=O)CNC(=O)NC2CC2)cc1)N1CCOCC1. The summed E-state index contributed by atoms with van der Waals surface area (Å²) in [4.78, 5) is 25.8.